The van der Waals surface area contributed by atoms with E-state index in [-0.39, 0.29) is 16.9 Å². The molecule has 2 aliphatic rings. The van der Waals surface area contributed by atoms with Gasteiger partial charge in [0.2, 0.25) is 0 Å². The predicted octanol–water partition coefficient (Wildman–Crippen LogP) is 5.17. The number of rotatable bonds is 3. The summed E-state index contributed by atoms with van der Waals surface area (Å²) < 4.78 is 13.7. The van der Waals surface area contributed by atoms with Crippen molar-refractivity contribution < 1.29 is 14.1 Å². The van der Waals surface area contributed by atoms with Crippen LogP contribution in [0.15, 0.2) is 35.1 Å². The smallest absolute Gasteiger partial charge is 0.416 e. The molecule has 3 aromatic rings. The van der Waals surface area contributed by atoms with Crippen LogP contribution >= 0.6 is 0 Å². The van der Waals surface area contributed by atoms with Gasteiger partial charge in [-0.25, -0.2) is 9.78 Å². The van der Waals surface area contributed by atoms with Crippen LogP contribution in [0, 0.1) is 16.7 Å². The molecule has 0 bridgehead atoms. The highest BCUT2D eigenvalue weighted by Gasteiger charge is 2.52. The highest BCUT2D eigenvalue weighted by molar-refractivity contribution is 5.89. The number of hydrogen-bond donors (Lipinski definition) is 0. The molecule has 1 spiro atoms. The molecule has 33 heavy (non-hydrogen) atoms. The summed E-state index contributed by atoms with van der Waals surface area (Å²) in [6, 6.07) is 9.61. The number of hydrogen-bond acceptors (Lipinski definition) is 6. The molecule has 0 radical (unpaired) electrons. The van der Waals surface area contributed by atoms with Crippen molar-refractivity contribution in [2.75, 3.05) is 11.4 Å². The summed E-state index contributed by atoms with van der Waals surface area (Å²) in [7, 11) is 0. The molecule has 2 fully saturated rings. The molecule has 1 amide bonds. The highest BCUT2D eigenvalue weighted by Crippen LogP contribution is 2.48. The van der Waals surface area contributed by atoms with Crippen molar-refractivity contribution in [2.24, 2.45) is 5.41 Å². The molecule has 8 nitrogen and oxygen atoms in total. The lowest BCUT2D eigenvalue weighted by Crippen LogP contribution is -2.45. The molecule has 1 saturated carbocycles. The van der Waals surface area contributed by atoms with Crippen molar-refractivity contribution in [3.8, 4) is 6.07 Å². The molecule has 5 rings (SSSR count). The number of benzene rings is 1. The van der Waals surface area contributed by atoms with Gasteiger partial charge in [-0.05, 0) is 49.3 Å². The molecule has 172 valence electrons. The lowest BCUT2D eigenvalue weighted by Gasteiger charge is -2.43. The second-order valence-electron chi connectivity index (χ2n) is 11.0. The average molecular weight is 448 g/mol. The Morgan fingerprint density at radius 1 is 1.24 bits per heavy atom. The van der Waals surface area contributed by atoms with Gasteiger partial charge in [-0.15, -0.1) is 0 Å². The van der Waals surface area contributed by atoms with Crippen LogP contribution in [0.4, 0.5) is 10.6 Å². The van der Waals surface area contributed by atoms with Crippen molar-refractivity contribution >= 4 is 22.9 Å². The number of imidazole rings is 1. The number of anilines is 1. The zero-order chi connectivity index (χ0) is 23.4. The molecule has 1 aromatic carbocycles. The first-order valence-electron chi connectivity index (χ1n) is 11.4. The minimum absolute atomic E-state index is 0.0782. The first-order valence-corrected chi connectivity index (χ1v) is 11.4. The number of carbonyl (C=O) groups excluding carboxylic acids is 1. The Morgan fingerprint density at radius 2 is 2.06 bits per heavy atom. The number of amides is 1. The summed E-state index contributed by atoms with van der Waals surface area (Å²) in [5.41, 5.74) is 1.65. The van der Waals surface area contributed by atoms with Gasteiger partial charge in [-0.1, -0.05) is 32.9 Å². The van der Waals surface area contributed by atoms with Crippen LogP contribution in [0.5, 0.6) is 0 Å². The van der Waals surface area contributed by atoms with Crippen LogP contribution in [0.3, 0.4) is 0 Å². The summed E-state index contributed by atoms with van der Waals surface area (Å²) >= 11 is 0. The molecular weight excluding hydrogens is 418 g/mol. The minimum atomic E-state index is -0.543. The van der Waals surface area contributed by atoms with Gasteiger partial charge in [-0.2, -0.15) is 5.26 Å². The van der Waals surface area contributed by atoms with E-state index in [0.29, 0.717) is 17.9 Å². The molecule has 1 aliphatic carbocycles. The van der Waals surface area contributed by atoms with Gasteiger partial charge in [0.1, 0.15) is 11.4 Å². The summed E-state index contributed by atoms with van der Waals surface area (Å²) in [4.78, 5) is 19.0. The Hall–Kier alpha value is -3.34. The minimum Gasteiger partial charge on any atom is -0.441 e. The normalized spacial score (nSPS) is 25.5. The summed E-state index contributed by atoms with van der Waals surface area (Å²) in [6.07, 6.45) is 5.07. The van der Waals surface area contributed by atoms with Gasteiger partial charge in [-0.3, -0.25) is 4.90 Å². The van der Waals surface area contributed by atoms with Crippen LogP contribution in [0.25, 0.3) is 11.0 Å². The van der Waals surface area contributed by atoms with E-state index >= 15 is 0 Å². The number of aromatic nitrogens is 3. The van der Waals surface area contributed by atoms with E-state index < -0.39 is 5.60 Å². The van der Waals surface area contributed by atoms with Gasteiger partial charge in [0.25, 0.3) is 0 Å². The van der Waals surface area contributed by atoms with E-state index in [1.165, 1.54) is 0 Å². The molecule has 2 aromatic heterocycles. The Bertz CT molecular complexity index is 1260. The molecule has 1 aliphatic heterocycles. The standard InChI is InChI=1S/C25H29N5O3/c1-23(2,3)20-11-21(28-33-20)30-15-25(32-22(30)31)9-5-8-24(4,13-25)14-29-16-27-18-7-6-17(12-26)10-19(18)29/h6-7,10-11,16H,5,8-9,13-15H2,1-4H3/t24?,25-/m0/s1. The van der Waals surface area contributed by atoms with Crippen LogP contribution in [0.2, 0.25) is 0 Å². The van der Waals surface area contributed by atoms with E-state index in [4.69, 9.17) is 9.26 Å². The first-order chi connectivity index (χ1) is 15.6. The number of nitriles is 1. The average Bonchev–Trinajstić information content (AvgIpc) is 3.45. The predicted molar refractivity (Wildman–Crippen MR) is 123 cm³/mol. The van der Waals surface area contributed by atoms with Gasteiger partial charge < -0.3 is 13.8 Å². The molecule has 0 N–H and O–H groups in total. The maximum absolute atomic E-state index is 12.9. The molecule has 3 heterocycles. The van der Waals surface area contributed by atoms with E-state index in [2.05, 4.69) is 27.7 Å². The van der Waals surface area contributed by atoms with E-state index in [9.17, 15) is 10.1 Å². The van der Waals surface area contributed by atoms with Crippen molar-refractivity contribution in [2.45, 2.75) is 70.9 Å². The zero-order valence-electron chi connectivity index (χ0n) is 19.6. The Kier molecular flexibility index (Phi) is 4.78. The lowest BCUT2D eigenvalue weighted by atomic mass is 9.68. The SMILES string of the molecule is CC1(Cn2cnc3ccc(C#N)cc32)CCC[C@@]2(CN(c3cc(C(C)(C)C)on3)C(=O)O2)C1. The Balaban J connectivity index is 1.38. The maximum atomic E-state index is 12.9. The van der Waals surface area contributed by atoms with Gasteiger partial charge in [0.05, 0.1) is 35.5 Å². The summed E-state index contributed by atoms with van der Waals surface area (Å²) in [6.45, 7) is 9.61. The van der Waals surface area contributed by atoms with Crippen LogP contribution in [-0.4, -0.2) is 32.9 Å². The molecular formula is C25H29N5O3. The Morgan fingerprint density at radius 3 is 2.79 bits per heavy atom. The summed E-state index contributed by atoms with van der Waals surface area (Å²) in [5, 5.41) is 13.4. The monoisotopic (exact) mass is 447 g/mol. The zero-order valence-corrected chi connectivity index (χ0v) is 19.6. The number of fused-ring (bicyclic) bond motifs is 1. The van der Waals surface area contributed by atoms with Crippen LogP contribution in [-0.2, 0) is 16.7 Å². The highest BCUT2D eigenvalue weighted by atomic mass is 16.6. The fourth-order valence-corrected chi connectivity index (χ4v) is 5.36. The number of ether oxygens (including phenoxy) is 1. The molecule has 2 atom stereocenters. The molecule has 1 saturated heterocycles. The third-order valence-corrected chi connectivity index (χ3v) is 6.95. The fraction of sp³-hybridized carbons (Fsp3) is 0.520. The van der Waals surface area contributed by atoms with Gasteiger partial charge in [0.15, 0.2) is 5.82 Å². The quantitative estimate of drug-likeness (QED) is 0.549. The third-order valence-electron chi connectivity index (χ3n) is 6.95. The van der Waals surface area contributed by atoms with E-state index in [0.717, 1.165) is 49.0 Å². The Labute approximate surface area is 193 Å². The maximum Gasteiger partial charge on any atom is 0.416 e. The van der Waals surface area contributed by atoms with Crippen LogP contribution in [0.1, 0.15) is 64.7 Å². The lowest BCUT2D eigenvalue weighted by molar-refractivity contribution is -0.0264. The second kappa shape index (κ2) is 7.34. The van der Waals surface area contributed by atoms with Gasteiger partial charge >= 0.3 is 6.09 Å². The molecule has 8 heteroatoms. The van der Waals surface area contributed by atoms with Crippen molar-refractivity contribution in [3.05, 3.63) is 41.9 Å². The topological polar surface area (TPSA) is 97.2 Å². The van der Waals surface area contributed by atoms with Gasteiger partial charge in [0, 0.05) is 18.0 Å². The molecule has 1 unspecified atom stereocenters. The number of carbonyl (C=O) groups is 1. The summed E-state index contributed by atoms with van der Waals surface area (Å²) in [5.74, 6) is 1.25. The second-order valence-corrected chi connectivity index (χ2v) is 11.0. The first kappa shape index (κ1) is 21.5. The number of nitrogens with zero attached hydrogens (tertiary/aromatic N) is 5. The van der Waals surface area contributed by atoms with E-state index in [1.807, 2.05) is 45.3 Å². The third kappa shape index (κ3) is 3.86. The van der Waals surface area contributed by atoms with Crippen molar-refractivity contribution in [1.82, 2.24) is 14.7 Å². The fourth-order valence-electron chi connectivity index (χ4n) is 5.36. The van der Waals surface area contributed by atoms with E-state index in [1.54, 1.807) is 11.0 Å². The van der Waals surface area contributed by atoms with Crippen molar-refractivity contribution in [1.29, 1.82) is 5.26 Å². The largest absolute Gasteiger partial charge is 0.441 e. The van der Waals surface area contributed by atoms with Crippen LogP contribution < -0.4 is 4.90 Å². The van der Waals surface area contributed by atoms with Crippen molar-refractivity contribution in [3.63, 3.8) is 0 Å².